The molecule has 0 bridgehead atoms. The lowest BCUT2D eigenvalue weighted by Crippen LogP contribution is -2.43. The van der Waals surface area contributed by atoms with Crippen molar-refractivity contribution in [2.45, 2.75) is 32.0 Å². The Kier molecular flexibility index (Phi) is 7.58. The maximum atomic E-state index is 12.3. The van der Waals surface area contributed by atoms with Crippen molar-refractivity contribution >= 4 is 49.0 Å². The van der Waals surface area contributed by atoms with Crippen LogP contribution < -0.4 is 26.8 Å². The summed E-state index contributed by atoms with van der Waals surface area (Å²) in [5, 5.41) is 3.60. The van der Waals surface area contributed by atoms with Crippen molar-refractivity contribution in [3.63, 3.8) is 0 Å². The van der Waals surface area contributed by atoms with Gasteiger partial charge in [0.2, 0.25) is 0 Å². The number of nitrogen functional groups attached to an aromatic ring is 1. The van der Waals surface area contributed by atoms with Gasteiger partial charge in [-0.25, -0.2) is 0 Å². The first-order valence-electron chi connectivity index (χ1n) is 9.85. The summed E-state index contributed by atoms with van der Waals surface area (Å²) in [4.78, 5) is 15.9. The molecule has 1 fully saturated rings. The molecule has 29 heavy (non-hydrogen) atoms. The minimum Gasteiger partial charge on any atom is -0.397 e. The summed E-state index contributed by atoms with van der Waals surface area (Å²) < 4.78 is 2.43. The molecule has 1 saturated heterocycles. The first-order valence-corrected chi connectivity index (χ1v) is 10.7. The SMILES string of the molecule is [B]c1cc(CNC2CCN(CCn3c(/C=C\C=C)c(N)ccc3=O)CC2)sc1[B]. The van der Waals surface area contributed by atoms with Gasteiger partial charge in [0.25, 0.3) is 5.56 Å². The number of aromatic nitrogens is 1. The number of anilines is 1. The van der Waals surface area contributed by atoms with E-state index in [0.717, 1.165) is 44.7 Å². The van der Waals surface area contributed by atoms with Crippen LogP contribution in [0.5, 0.6) is 0 Å². The van der Waals surface area contributed by atoms with Crippen LogP contribution in [-0.4, -0.2) is 50.8 Å². The van der Waals surface area contributed by atoms with Crippen LogP contribution in [0.4, 0.5) is 5.69 Å². The number of hydrogen-bond donors (Lipinski definition) is 2. The standard InChI is InChI=1S/C21H26B2N4OS/c1-2-3-4-19-18(24)5-6-20(28)27(19)12-11-26-9-7-15(8-10-26)25-14-16-13-17(22)21(23)29-16/h2-6,13,15,25H,1,7-12,14,24H2/b4-3-. The molecule has 2 aromatic heterocycles. The van der Waals surface area contributed by atoms with E-state index < -0.39 is 0 Å². The topological polar surface area (TPSA) is 63.3 Å². The predicted molar refractivity (Wildman–Crippen MR) is 126 cm³/mol. The Morgan fingerprint density at radius 2 is 2.03 bits per heavy atom. The Bertz CT molecular complexity index is 910. The molecule has 0 amide bonds. The van der Waals surface area contributed by atoms with E-state index in [1.54, 1.807) is 34.1 Å². The van der Waals surface area contributed by atoms with E-state index in [1.807, 2.05) is 12.1 Å². The molecule has 0 unspecified atom stereocenters. The van der Waals surface area contributed by atoms with E-state index in [0.29, 0.717) is 28.5 Å². The maximum Gasteiger partial charge on any atom is 0.251 e. The molecular weight excluding hydrogens is 378 g/mol. The van der Waals surface area contributed by atoms with Crippen molar-refractivity contribution in [1.82, 2.24) is 14.8 Å². The van der Waals surface area contributed by atoms with Gasteiger partial charge in [-0.2, -0.15) is 11.3 Å². The Balaban J connectivity index is 1.50. The van der Waals surface area contributed by atoms with Crippen molar-refractivity contribution in [2.24, 2.45) is 0 Å². The van der Waals surface area contributed by atoms with Gasteiger partial charge in [-0.3, -0.25) is 4.79 Å². The van der Waals surface area contributed by atoms with Gasteiger partial charge >= 0.3 is 0 Å². The maximum absolute atomic E-state index is 12.3. The van der Waals surface area contributed by atoms with Crippen molar-refractivity contribution in [2.75, 3.05) is 25.4 Å². The molecule has 3 rings (SSSR count). The molecule has 0 aromatic carbocycles. The lowest BCUT2D eigenvalue weighted by atomic mass is 9.89. The highest BCUT2D eigenvalue weighted by atomic mass is 32.1. The lowest BCUT2D eigenvalue weighted by Gasteiger charge is -2.32. The number of nitrogens with two attached hydrogens (primary N) is 1. The summed E-state index contributed by atoms with van der Waals surface area (Å²) >= 11 is 1.54. The summed E-state index contributed by atoms with van der Waals surface area (Å²) in [6.45, 7) is 7.93. The average molecular weight is 404 g/mol. The highest BCUT2D eigenvalue weighted by molar-refractivity contribution is 7.21. The van der Waals surface area contributed by atoms with Crippen LogP contribution in [0.1, 0.15) is 23.4 Å². The zero-order valence-electron chi connectivity index (χ0n) is 16.6. The quantitative estimate of drug-likeness (QED) is 0.498. The smallest absolute Gasteiger partial charge is 0.251 e. The largest absolute Gasteiger partial charge is 0.397 e. The summed E-state index contributed by atoms with van der Waals surface area (Å²) in [6, 6.07) is 5.62. The van der Waals surface area contributed by atoms with Crippen LogP contribution in [0.2, 0.25) is 0 Å². The molecule has 0 saturated carbocycles. The molecule has 148 valence electrons. The van der Waals surface area contributed by atoms with Crippen molar-refractivity contribution in [3.8, 4) is 0 Å². The summed E-state index contributed by atoms with van der Waals surface area (Å²) in [5.74, 6) is 0. The summed E-state index contributed by atoms with van der Waals surface area (Å²) in [6.07, 6.45) is 7.46. The zero-order chi connectivity index (χ0) is 20.8. The Hall–Kier alpha value is -2.02. The molecular formula is C21H26B2N4OS. The third kappa shape index (κ3) is 5.75. The van der Waals surface area contributed by atoms with Crippen molar-refractivity contribution in [1.29, 1.82) is 0 Å². The van der Waals surface area contributed by atoms with E-state index in [1.165, 1.54) is 10.9 Å². The normalized spacial score (nSPS) is 15.9. The van der Waals surface area contributed by atoms with Gasteiger partial charge in [0, 0.05) is 36.6 Å². The molecule has 0 atom stereocenters. The van der Waals surface area contributed by atoms with E-state index in [2.05, 4.69) is 16.8 Å². The monoisotopic (exact) mass is 404 g/mol. The molecule has 1 aliphatic rings. The van der Waals surface area contributed by atoms with Crippen LogP contribution >= 0.6 is 11.3 Å². The third-order valence-electron chi connectivity index (χ3n) is 5.28. The van der Waals surface area contributed by atoms with Gasteiger partial charge in [-0.15, -0.1) is 0 Å². The fourth-order valence-corrected chi connectivity index (χ4v) is 4.40. The Morgan fingerprint density at radius 3 is 2.69 bits per heavy atom. The number of nitrogens with one attached hydrogen (secondary N) is 1. The van der Waals surface area contributed by atoms with Crippen LogP contribution in [0.25, 0.3) is 6.08 Å². The predicted octanol–water partition coefficient (Wildman–Crippen LogP) is 0.533. The van der Waals surface area contributed by atoms with Crippen LogP contribution in [0, 0.1) is 0 Å². The van der Waals surface area contributed by atoms with Crippen molar-refractivity contribution in [3.05, 3.63) is 57.9 Å². The molecule has 3 heterocycles. The summed E-state index contributed by atoms with van der Waals surface area (Å²) in [7, 11) is 11.6. The van der Waals surface area contributed by atoms with Crippen molar-refractivity contribution < 1.29 is 0 Å². The van der Waals surface area contributed by atoms with Crippen LogP contribution in [0.3, 0.4) is 0 Å². The van der Waals surface area contributed by atoms with E-state index >= 15 is 0 Å². The van der Waals surface area contributed by atoms with Gasteiger partial charge < -0.3 is 20.5 Å². The highest BCUT2D eigenvalue weighted by Gasteiger charge is 2.19. The molecule has 1 aliphatic heterocycles. The lowest BCUT2D eigenvalue weighted by molar-refractivity contribution is 0.190. The Labute approximate surface area is 179 Å². The van der Waals surface area contributed by atoms with Crippen LogP contribution in [-0.2, 0) is 13.1 Å². The first-order chi connectivity index (χ1) is 14.0. The van der Waals surface area contributed by atoms with Gasteiger partial charge in [0.1, 0.15) is 15.7 Å². The van der Waals surface area contributed by atoms with Crippen LogP contribution in [0.15, 0.2) is 41.7 Å². The minimum atomic E-state index is -0.0334. The number of pyridine rings is 1. The Morgan fingerprint density at radius 1 is 1.28 bits per heavy atom. The highest BCUT2D eigenvalue weighted by Crippen LogP contribution is 2.14. The molecule has 3 N–H and O–H groups in total. The van der Waals surface area contributed by atoms with Gasteiger partial charge in [0.15, 0.2) is 0 Å². The molecule has 4 radical (unpaired) electrons. The number of piperidine rings is 1. The summed E-state index contributed by atoms with van der Waals surface area (Å²) in [5.41, 5.74) is 8.04. The number of likely N-dealkylation sites (tertiary alicyclic amines) is 1. The number of thiophene rings is 1. The molecule has 0 spiro atoms. The van der Waals surface area contributed by atoms with Gasteiger partial charge in [0.05, 0.1) is 11.4 Å². The van der Waals surface area contributed by atoms with E-state index in [4.69, 9.17) is 21.4 Å². The third-order valence-corrected chi connectivity index (χ3v) is 6.26. The number of rotatable bonds is 8. The minimum absolute atomic E-state index is 0.0334. The van der Waals surface area contributed by atoms with E-state index in [-0.39, 0.29) is 5.56 Å². The first kappa shape index (κ1) is 21.7. The molecule has 8 heteroatoms. The fourth-order valence-electron chi connectivity index (χ4n) is 3.60. The second-order valence-electron chi connectivity index (χ2n) is 7.29. The second-order valence-corrected chi connectivity index (χ2v) is 8.46. The number of hydrogen-bond acceptors (Lipinski definition) is 5. The van der Waals surface area contributed by atoms with Gasteiger partial charge in [-0.1, -0.05) is 35.0 Å². The second kappa shape index (κ2) is 10.1. The zero-order valence-corrected chi connectivity index (χ0v) is 17.5. The molecule has 5 nitrogen and oxygen atoms in total. The molecule has 2 aromatic rings. The molecule has 0 aliphatic carbocycles. The fraction of sp³-hybridized carbons (Fsp3) is 0.381. The van der Waals surface area contributed by atoms with E-state index in [9.17, 15) is 4.79 Å². The average Bonchev–Trinajstić information content (AvgIpc) is 3.04. The number of allylic oxidation sites excluding steroid dienone is 2. The number of nitrogens with zero attached hydrogens (tertiary/aromatic N) is 2. The van der Waals surface area contributed by atoms with Gasteiger partial charge in [-0.05, 0) is 38.1 Å².